The van der Waals surface area contributed by atoms with Gasteiger partial charge < -0.3 is 19.9 Å². The first kappa shape index (κ1) is 18.0. The second-order valence-corrected chi connectivity index (χ2v) is 5.67. The van der Waals surface area contributed by atoms with Crippen molar-refractivity contribution in [3.63, 3.8) is 0 Å². The Morgan fingerprint density at radius 2 is 1.93 bits per heavy atom. The van der Waals surface area contributed by atoms with Crippen molar-refractivity contribution >= 4 is 24.0 Å². The number of carbonyl (C=O) groups is 3. The molecule has 1 heterocycles. The summed E-state index contributed by atoms with van der Waals surface area (Å²) < 4.78 is 11.0. The lowest BCUT2D eigenvalue weighted by molar-refractivity contribution is -0.115. The van der Waals surface area contributed by atoms with Crippen LogP contribution in [-0.4, -0.2) is 30.1 Å². The van der Waals surface area contributed by atoms with Crippen molar-refractivity contribution in [3.05, 3.63) is 64.9 Å². The van der Waals surface area contributed by atoms with Gasteiger partial charge in [-0.15, -0.1) is 0 Å². The predicted octanol–water partition coefficient (Wildman–Crippen LogP) is 2.15. The van der Waals surface area contributed by atoms with Gasteiger partial charge in [0, 0.05) is 0 Å². The van der Waals surface area contributed by atoms with Crippen molar-refractivity contribution < 1.29 is 29.0 Å². The minimum atomic E-state index is -1.00. The highest BCUT2D eigenvalue weighted by atomic mass is 16.5. The number of carboxylic acid groups (broad SMARTS) is 1. The monoisotopic (exact) mass is 368 g/mol. The molecule has 0 radical (unpaired) electrons. The average Bonchev–Trinajstić information content (AvgIpc) is 2.97. The molecule has 3 rings (SSSR count). The van der Waals surface area contributed by atoms with Gasteiger partial charge in [0.05, 0.1) is 12.7 Å². The third-order valence-corrected chi connectivity index (χ3v) is 3.79. The molecule has 3 N–H and O–H groups in total. The van der Waals surface area contributed by atoms with Gasteiger partial charge in [-0.1, -0.05) is 18.2 Å². The van der Waals surface area contributed by atoms with E-state index in [1.165, 1.54) is 25.3 Å². The van der Waals surface area contributed by atoms with E-state index in [0.717, 1.165) is 0 Å². The van der Waals surface area contributed by atoms with Gasteiger partial charge >= 0.3 is 12.0 Å². The molecule has 0 spiro atoms. The number of benzene rings is 2. The van der Waals surface area contributed by atoms with Crippen LogP contribution in [0.15, 0.2) is 48.2 Å². The zero-order chi connectivity index (χ0) is 19.4. The molecule has 8 nitrogen and oxygen atoms in total. The van der Waals surface area contributed by atoms with Crippen LogP contribution in [0.4, 0.5) is 4.79 Å². The minimum absolute atomic E-state index is 0.140. The maximum atomic E-state index is 11.6. The largest absolute Gasteiger partial charge is 0.493 e. The van der Waals surface area contributed by atoms with Crippen molar-refractivity contribution in [3.8, 4) is 11.5 Å². The van der Waals surface area contributed by atoms with Crippen molar-refractivity contribution in [1.82, 2.24) is 10.6 Å². The Morgan fingerprint density at radius 1 is 1.11 bits per heavy atom. The van der Waals surface area contributed by atoms with E-state index < -0.39 is 17.9 Å². The molecule has 0 atom stereocenters. The molecular formula is C19H16N2O6. The maximum Gasteiger partial charge on any atom is 0.335 e. The van der Waals surface area contributed by atoms with Gasteiger partial charge in [0.1, 0.15) is 12.3 Å². The lowest BCUT2D eigenvalue weighted by Crippen LogP contribution is -2.22. The smallest absolute Gasteiger partial charge is 0.335 e. The summed E-state index contributed by atoms with van der Waals surface area (Å²) in [6.45, 7) is 0.163. The molecule has 1 saturated heterocycles. The normalized spacial score (nSPS) is 14.6. The molecule has 1 aliphatic rings. The highest BCUT2D eigenvalue weighted by Gasteiger charge is 2.22. The third kappa shape index (κ3) is 4.24. The van der Waals surface area contributed by atoms with Gasteiger partial charge in [-0.3, -0.25) is 10.1 Å². The van der Waals surface area contributed by atoms with E-state index in [9.17, 15) is 14.4 Å². The number of rotatable bonds is 6. The number of aromatic carboxylic acids is 1. The lowest BCUT2D eigenvalue weighted by Gasteiger charge is -2.12. The molecule has 2 aromatic carbocycles. The van der Waals surface area contributed by atoms with Crippen LogP contribution >= 0.6 is 0 Å². The van der Waals surface area contributed by atoms with E-state index in [4.69, 9.17) is 14.6 Å². The Morgan fingerprint density at radius 3 is 2.59 bits per heavy atom. The van der Waals surface area contributed by atoms with Crippen LogP contribution in [0.3, 0.4) is 0 Å². The van der Waals surface area contributed by atoms with Crippen LogP contribution in [0.25, 0.3) is 6.08 Å². The Balaban J connectivity index is 1.76. The van der Waals surface area contributed by atoms with Crippen molar-refractivity contribution in [2.45, 2.75) is 6.61 Å². The van der Waals surface area contributed by atoms with Gasteiger partial charge in [-0.25, -0.2) is 9.59 Å². The van der Waals surface area contributed by atoms with Crippen LogP contribution < -0.4 is 20.1 Å². The van der Waals surface area contributed by atoms with E-state index in [1.54, 1.807) is 30.3 Å². The molecule has 0 unspecified atom stereocenters. The molecule has 3 amide bonds. The molecule has 1 fully saturated rings. The third-order valence-electron chi connectivity index (χ3n) is 3.79. The predicted molar refractivity (Wildman–Crippen MR) is 95.4 cm³/mol. The van der Waals surface area contributed by atoms with Gasteiger partial charge in [0.15, 0.2) is 11.5 Å². The molecule has 0 aromatic heterocycles. The average molecular weight is 368 g/mol. The molecular weight excluding hydrogens is 352 g/mol. The molecule has 138 valence electrons. The van der Waals surface area contributed by atoms with Gasteiger partial charge in [-0.05, 0) is 41.5 Å². The van der Waals surface area contributed by atoms with E-state index in [0.29, 0.717) is 22.6 Å². The number of carbonyl (C=O) groups excluding carboxylic acids is 2. The van der Waals surface area contributed by atoms with Crippen LogP contribution in [0.1, 0.15) is 21.5 Å². The summed E-state index contributed by atoms with van der Waals surface area (Å²) in [5.74, 6) is -0.615. The van der Waals surface area contributed by atoms with Crippen molar-refractivity contribution in [2.24, 2.45) is 0 Å². The number of hydrogen-bond acceptors (Lipinski definition) is 5. The number of urea groups is 1. The number of carboxylic acids is 1. The van der Waals surface area contributed by atoms with E-state index in [1.807, 2.05) is 0 Å². The Kier molecular flexibility index (Phi) is 5.07. The summed E-state index contributed by atoms with van der Waals surface area (Å²) in [7, 11) is 1.48. The minimum Gasteiger partial charge on any atom is -0.493 e. The summed E-state index contributed by atoms with van der Waals surface area (Å²) in [5.41, 5.74) is 1.66. The van der Waals surface area contributed by atoms with E-state index in [2.05, 4.69) is 10.6 Å². The molecule has 8 heteroatoms. The van der Waals surface area contributed by atoms with Crippen molar-refractivity contribution in [1.29, 1.82) is 0 Å². The Labute approximate surface area is 154 Å². The number of nitrogens with one attached hydrogen (secondary N) is 2. The van der Waals surface area contributed by atoms with Gasteiger partial charge in [-0.2, -0.15) is 0 Å². The molecule has 0 saturated carbocycles. The van der Waals surface area contributed by atoms with Crippen LogP contribution in [-0.2, 0) is 11.4 Å². The zero-order valence-corrected chi connectivity index (χ0v) is 14.3. The van der Waals surface area contributed by atoms with E-state index in [-0.39, 0.29) is 17.9 Å². The fourth-order valence-corrected chi connectivity index (χ4v) is 2.50. The summed E-state index contributed by atoms with van der Waals surface area (Å²) in [5, 5.41) is 13.6. The molecule has 0 aliphatic carbocycles. The highest BCUT2D eigenvalue weighted by Crippen LogP contribution is 2.29. The molecule has 2 aromatic rings. The van der Waals surface area contributed by atoms with Crippen LogP contribution in [0.2, 0.25) is 0 Å². The summed E-state index contributed by atoms with van der Waals surface area (Å²) in [6, 6.07) is 10.9. The highest BCUT2D eigenvalue weighted by molar-refractivity contribution is 6.14. The first-order chi connectivity index (χ1) is 13.0. The Hall–Kier alpha value is -3.81. The zero-order valence-electron chi connectivity index (χ0n) is 14.3. The maximum absolute atomic E-state index is 11.6. The summed E-state index contributed by atoms with van der Waals surface area (Å²) in [6.07, 6.45) is 1.52. The topological polar surface area (TPSA) is 114 Å². The first-order valence-electron chi connectivity index (χ1n) is 7.93. The molecule has 0 bridgehead atoms. The summed E-state index contributed by atoms with van der Waals surface area (Å²) in [4.78, 5) is 33.8. The van der Waals surface area contributed by atoms with Gasteiger partial charge in [0.2, 0.25) is 0 Å². The van der Waals surface area contributed by atoms with Crippen molar-refractivity contribution in [2.75, 3.05) is 7.11 Å². The Bertz CT molecular complexity index is 951. The number of methoxy groups -OCH3 is 1. The number of hydrogen-bond donors (Lipinski definition) is 3. The fourth-order valence-electron chi connectivity index (χ4n) is 2.50. The molecule has 1 aliphatic heterocycles. The van der Waals surface area contributed by atoms with Gasteiger partial charge in [0.25, 0.3) is 5.91 Å². The quantitative estimate of drug-likeness (QED) is 0.532. The SMILES string of the molecule is COc1cc(/C=C2\NC(=O)NC2=O)ccc1OCc1cccc(C(=O)O)c1. The molecule has 27 heavy (non-hydrogen) atoms. The van der Waals surface area contributed by atoms with Crippen LogP contribution in [0, 0.1) is 0 Å². The number of imide groups is 1. The second-order valence-electron chi connectivity index (χ2n) is 5.67. The van der Waals surface area contributed by atoms with E-state index >= 15 is 0 Å². The standard InChI is InChI=1S/C19H16N2O6/c1-26-16-9-11(8-14-17(22)21-19(25)20-14)5-6-15(16)27-10-12-3-2-4-13(7-12)18(23)24/h2-9H,10H2,1H3,(H,23,24)(H2,20,21,22,25)/b14-8-. The lowest BCUT2D eigenvalue weighted by atomic mass is 10.1. The fraction of sp³-hybridized carbons (Fsp3) is 0.105. The number of amides is 3. The summed E-state index contributed by atoms with van der Waals surface area (Å²) >= 11 is 0. The van der Waals surface area contributed by atoms with Crippen LogP contribution in [0.5, 0.6) is 11.5 Å². The first-order valence-corrected chi connectivity index (χ1v) is 7.93. The second kappa shape index (κ2) is 7.61. The number of ether oxygens (including phenoxy) is 2.